The van der Waals surface area contributed by atoms with E-state index in [9.17, 15) is 31.2 Å². The standard InChI is InChI=1S/C33H30BrClF3N3O4S/c1-2-39-32(43)30(19-23-10-5-3-6-11-23)40(21-24-12-9-13-25(34)18-24)31(42)22-41(46(44,45)27-14-7-4-8-15-27)26-16-17-29(35)28(20-26)33(36,37)38/h3-18,20,30H,2,19,21-22H2,1H3,(H,39,43). The molecule has 4 rings (SSSR count). The Kier molecular flexibility index (Phi) is 11.5. The minimum atomic E-state index is -4.90. The van der Waals surface area contributed by atoms with Gasteiger partial charge in [0.1, 0.15) is 12.6 Å². The maximum absolute atomic E-state index is 14.4. The Hall–Kier alpha value is -3.87. The Balaban J connectivity index is 1.85. The minimum absolute atomic E-state index is 0.0943. The van der Waals surface area contributed by atoms with E-state index in [1.807, 2.05) is 6.07 Å². The summed E-state index contributed by atoms with van der Waals surface area (Å²) in [5.74, 6) is -1.28. The van der Waals surface area contributed by atoms with E-state index in [1.165, 1.54) is 29.2 Å². The molecule has 0 saturated carbocycles. The Morgan fingerprint density at radius 3 is 2.13 bits per heavy atom. The molecule has 1 unspecified atom stereocenters. The highest BCUT2D eigenvalue weighted by molar-refractivity contribution is 9.10. The number of carbonyl (C=O) groups is 2. The van der Waals surface area contributed by atoms with Crippen molar-refractivity contribution in [1.29, 1.82) is 0 Å². The van der Waals surface area contributed by atoms with Crippen LogP contribution < -0.4 is 9.62 Å². The van der Waals surface area contributed by atoms with Gasteiger partial charge in [-0.2, -0.15) is 13.2 Å². The molecule has 4 aromatic rings. The van der Waals surface area contributed by atoms with E-state index in [1.54, 1.807) is 61.5 Å². The number of nitrogens with zero attached hydrogens (tertiary/aromatic N) is 2. The van der Waals surface area contributed by atoms with Crippen molar-refractivity contribution in [3.63, 3.8) is 0 Å². The molecule has 0 heterocycles. The second kappa shape index (κ2) is 15.1. The third-order valence-corrected chi connectivity index (χ3v) is 9.63. The zero-order valence-corrected chi connectivity index (χ0v) is 27.7. The van der Waals surface area contributed by atoms with Crippen molar-refractivity contribution in [2.24, 2.45) is 0 Å². The number of sulfonamides is 1. The average molecular weight is 737 g/mol. The van der Waals surface area contributed by atoms with Crippen LogP contribution >= 0.6 is 27.5 Å². The van der Waals surface area contributed by atoms with E-state index >= 15 is 0 Å². The van der Waals surface area contributed by atoms with Gasteiger partial charge in [-0.05, 0) is 60.5 Å². The second-order valence-electron chi connectivity index (χ2n) is 10.2. The fourth-order valence-corrected chi connectivity index (χ4v) is 6.91. The monoisotopic (exact) mass is 735 g/mol. The molecular formula is C33H30BrClF3N3O4S. The van der Waals surface area contributed by atoms with Gasteiger partial charge in [0.05, 0.1) is 21.2 Å². The number of rotatable bonds is 12. The number of hydrogen-bond acceptors (Lipinski definition) is 4. The van der Waals surface area contributed by atoms with Crippen LogP contribution in [0.15, 0.2) is 112 Å². The van der Waals surface area contributed by atoms with Crippen LogP contribution in [-0.2, 0) is 38.8 Å². The van der Waals surface area contributed by atoms with Crippen LogP contribution in [0.5, 0.6) is 0 Å². The molecule has 0 aromatic heterocycles. The number of likely N-dealkylation sites (N-methyl/N-ethyl adjacent to an activating group) is 1. The van der Waals surface area contributed by atoms with Crippen molar-refractivity contribution in [1.82, 2.24) is 10.2 Å². The summed E-state index contributed by atoms with van der Waals surface area (Å²) in [4.78, 5) is 28.9. The lowest BCUT2D eigenvalue weighted by atomic mass is 10.0. The molecule has 0 aliphatic heterocycles. The van der Waals surface area contributed by atoms with Crippen molar-refractivity contribution in [3.05, 3.63) is 129 Å². The molecule has 7 nitrogen and oxygen atoms in total. The lowest BCUT2D eigenvalue weighted by Crippen LogP contribution is -2.53. The van der Waals surface area contributed by atoms with E-state index in [0.717, 1.165) is 17.7 Å². The van der Waals surface area contributed by atoms with Crippen LogP contribution in [-0.4, -0.2) is 44.3 Å². The Bertz CT molecular complexity index is 1780. The van der Waals surface area contributed by atoms with Crippen molar-refractivity contribution < 1.29 is 31.2 Å². The van der Waals surface area contributed by atoms with E-state index < -0.39 is 56.9 Å². The first kappa shape index (κ1) is 35.0. The molecule has 46 heavy (non-hydrogen) atoms. The molecule has 0 aliphatic carbocycles. The number of carbonyl (C=O) groups excluding carboxylic acids is 2. The van der Waals surface area contributed by atoms with Crippen molar-refractivity contribution >= 4 is 55.1 Å². The quantitative estimate of drug-likeness (QED) is 0.168. The maximum Gasteiger partial charge on any atom is 0.417 e. The van der Waals surface area contributed by atoms with Crippen LogP contribution in [0.2, 0.25) is 5.02 Å². The van der Waals surface area contributed by atoms with Crippen LogP contribution in [0.4, 0.5) is 18.9 Å². The number of alkyl halides is 3. The number of amides is 2. The summed E-state index contributed by atoms with van der Waals surface area (Å²) in [6.45, 7) is 0.989. The lowest BCUT2D eigenvalue weighted by molar-refractivity contribution is -0.140. The van der Waals surface area contributed by atoms with Crippen molar-refractivity contribution in [3.8, 4) is 0 Å². The molecule has 0 spiro atoms. The highest BCUT2D eigenvalue weighted by atomic mass is 79.9. The van der Waals surface area contributed by atoms with Gasteiger partial charge in [0.15, 0.2) is 0 Å². The van der Waals surface area contributed by atoms with Gasteiger partial charge < -0.3 is 10.2 Å². The molecule has 0 radical (unpaired) electrons. The van der Waals surface area contributed by atoms with Crippen LogP contribution in [0.3, 0.4) is 0 Å². The minimum Gasteiger partial charge on any atom is -0.355 e. The van der Waals surface area contributed by atoms with Gasteiger partial charge in [-0.1, -0.05) is 88.2 Å². The smallest absolute Gasteiger partial charge is 0.355 e. The Morgan fingerprint density at radius 1 is 0.891 bits per heavy atom. The van der Waals surface area contributed by atoms with Crippen LogP contribution in [0.1, 0.15) is 23.6 Å². The Morgan fingerprint density at radius 2 is 1.52 bits per heavy atom. The fourth-order valence-electron chi connectivity index (χ4n) is 4.81. The largest absolute Gasteiger partial charge is 0.417 e. The topological polar surface area (TPSA) is 86.8 Å². The molecule has 0 saturated heterocycles. The summed E-state index contributed by atoms with van der Waals surface area (Å²) in [6, 6.07) is 24.6. The molecule has 242 valence electrons. The van der Waals surface area contributed by atoms with Gasteiger partial charge in [-0.15, -0.1) is 0 Å². The molecule has 0 fully saturated rings. The molecule has 1 atom stereocenters. The SMILES string of the molecule is CCNC(=O)C(Cc1ccccc1)N(Cc1cccc(Br)c1)C(=O)CN(c1ccc(Cl)c(C(F)(F)F)c1)S(=O)(=O)c1ccccc1. The highest BCUT2D eigenvalue weighted by Gasteiger charge is 2.37. The van der Waals surface area contributed by atoms with Crippen molar-refractivity contribution in [2.45, 2.75) is 37.0 Å². The first-order valence-electron chi connectivity index (χ1n) is 14.1. The van der Waals surface area contributed by atoms with Gasteiger partial charge >= 0.3 is 6.18 Å². The maximum atomic E-state index is 14.4. The third kappa shape index (κ3) is 8.68. The number of halogens is 5. The normalized spacial score (nSPS) is 12.3. The fraction of sp³-hybridized carbons (Fsp3) is 0.212. The Labute approximate surface area is 279 Å². The first-order chi connectivity index (χ1) is 21.8. The summed E-state index contributed by atoms with van der Waals surface area (Å²) in [5, 5.41) is 2.13. The molecule has 4 aromatic carbocycles. The van der Waals surface area contributed by atoms with Crippen molar-refractivity contribution in [2.75, 3.05) is 17.4 Å². The second-order valence-corrected chi connectivity index (χ2v) is 13.4. The number of benzene rings is 4. The van der Waals surface area contributed by atoms with Crippen LogP contribution in [0, 0.1) is 0 Å². The lowest BCUT2D eigenvalue weighted by Gasteiger charge is -2.34. The van der Waals surface area contributed by atoms with E-state index in [2.05, 4.69) is 21.2 Å². The molecular weight excluding hydrogens is 707 g/mol. The first-order valence-corrected chi connectivity index (χ1v) is 16.7. The summed E-state index contributed by atoms with van der Waals surface area (Å²) in [5.41, 5.74) is -0.308. The number of anilines is 1. The summed E-state index contributed by atoms with van der Waals surface area (Å²) in [7, 11) is -4.59. The van der Waals surface area contributed by atoms with E-state index in [4.69, 9.17) is 11.6 Å². The van der Waals surface area contributed by atoms with E-state index in [0.29, 0.717) is 20.4 Å². The molecule has 13 heteroatoms. The summed E-state index contributed by atoms with van der Waals surface area (Å²) < 4.78 is 70.9. The number of nitrogens with one attached hydrogen (secondary N) is 1. The van der Waals surface area contributed by atoms with Gasteiger partial charge in [-0.3, -0.25) is 13.9 Å². The molecule has 0 bridgehead atoms. The van der Waals surface area contributed by atoms with Gasteiger partial charge in [0.25, 0.3) is 10.0 Å². The zero-order valence-electron chi connectivity index (χ0n) is 24.5. The zero-order chi connectivity index (χ0) is 33.5. The predicted octanol–water partition coefficient (Wildman–Crippen LogP) is 7.09. The molecule has 1 N–H and O–H groups in total. The average Bonchev–Trinajstić information content (AvgIpc) is 3.02. The van der Waals surface area contributed by atoms with E-state index in [-0.39, 0.29) is 24.4 Å². The van der Waals surface area contributed by atoms with Crippen LogP contribution in [0.25, 0.3) is 0 Å². The van der Waals surface area contributed by atoms with Gasteiger partial charge in [0, 0.05) is 24.0 Å². The van der Waals surface area contributed by atoms with Gasteiger partial charge in [0.2, 0.25) is 11.8 Å². The molecule has 0 aliphatic rings. The summed E-state index contributed by atoms with van der Waals surface area (Å²) in [6.07, 6.45) is -4.80. The van der Waals surface area contributed by atoms with Gasteiger partial charge in [-0.25, -0.2) is 8.42 Å². The highest BCUT2D eigenvalue weighted by Crippen LogP contribution is 2.38. The third-order valence-electron chi connectivity index (χ3n) is 7.02. The molecule has 2 amide bonds. The summed E-state index contributed by atoms with van der Waals surface area (Å²) >= 11 is 9.26. The predicted molar refractivity (Wildman–Crippen MR) is 175 cm³/mol. The number of hydrogen-bond donors (Lipinski definition) is 1.